The maximum absolute atomic E-state index is 14.0. The molecule has 2 saturated heterocycles. The van der Waals surface area contributed by atoms with Crippen LogP contribution in [-0.4, -0.2) is 89.3 Å². The number of benzene rings is 2. The summed E-state index contributed by atoms with van der Waals surface area (Å²) in [5.74, 6) is -0.861. The Balaban J connectivity index is 1.56. The number of hydrazine groups is 1. The Morgan fingerprint density at radius 1 is 1.12 bits per heavy atom. The molecular formula is C30H37FN6O5. The molecule has 12 heteroatoms. The number of hydrogen-bond acceptors (Lipinski definition) is 6. The van der Waals surface area contributed by atoms with Crippen molar-refractivity contribution in [2.45, 2.75) is 44.6 Å². The van der Waals surface area contributed by atoms with E-state index in [2.05, 4.69) is 17.2 Å². The first-order valence-electron chi connectivity index (χ1n) is 13.9. The second-order valence-corrected chi connectivity index (χ2v) is 10.3. The molecule has 2 aliphatic rings. The lowest BCUT2D eigenvalue weighted by atomic mass is 9.98. The van der Waals surface area contributed by atoms with Crippen molar-refractivity contribution in [1.29, 1.82) is 0 Å². The van der Waals surface area contributed by atoms with Gasteiger partial charge in [-0.3, -0.25) is 9.59 Å². The van der Waals surface area contributed by atoms with Crippen LogP contribution in [0.15, 0.2) is 67.3 Å². The monoisotopic (exact) mass is 580 g/mol. The van der Waals surface area contributed by atoms with Gasteiger partial charge in [-0.25, -0.2) is 24.0 Å². The maximum Gasteiger partial charge on any atom is 0.407 e. The molecule has 0 aromatic heterocycles. The van der Waals surface area contributed by atoms with E-state index >= 15 is 0 Å². The average Bonchev–Trinajstić information content (AvgIpc) is 2.98. The molecule has 11 nitrogen and oxygen atoms in total. The Labute approximate surface area is 244 Å². The fraction of sp³-hybridized carbons (Fsp3) is 0.400. The van der Waals surface area contributed by atoms with Crippen LogP contribution in [0.4, 0.5) is 14.0 Å². The molecule has 2 aromatic rings. The van der Waals surface area contributed by atoms with Crippen LogP contribution in [0.1, 0.15) is 36.9 Å². The van der Waals surface area contributed by atoms with Gasteiger partial charge >= 0.3 is 12.1 Å². The predicted molar refractivity (Wildman–Crippen MR) is 153 cm³/mol. The second-order valence-electron chi connectivity index (χ2n) is 10.3. The standard InChI is InChI=1S/C30H37FN6O5/c1-4-17-42-30(41)32-16-8-11-25-28(39)35(21(2)23-9-6-5-7-10-23)19-26-36(25)27(38)20-34(3)37(26)29(40)33-18-22-12-14-24(31)15-13-22/h4-7,9-10,12-15,21,25-26H,1,8,11,16-20H2,2-3H3,(H,32,41)(H,33,40)/t21?,25-,26-/m0/s1. The zero-order valence-electron chi connectivity index (χ0n) is 23.9. The number of carbonyl (C=O) groups excluding carboxylic acids is 4. The molecule has 0 saturated carbocycles. The number of nitrogens with one attached hydrogen (secondary N) is 2. The first-order chi connectivity index (χ1) is 20.2. The summed E-state index contributed by atoms with van der Waals surface area (Å²) >= 11 is 0. The highest BCUT2D eigenvalue weighted by atomic mass is 19.1. The number of halogens is 1. The number of piperazine rings is 1. The van der Waals surface area contributed by atoms with Gasteiger partial charge in [0.2, 0.25) is 11.8 Å². The van der Waals surface area contributed by atoms with Crippen molar-refractivity contribution in [2.75, 3.05) is 33.3 Å². The lowest BCUT2D eigenvalue weighted by Gasteiger charge is -2.55. The Morgan fingerprint density at radius 2 is 1.83 bits per heavy atom. The van der Waals surface area contributed by atoms with Crippen LogP contribution in [0, 0.1) is 5.82 Å². The van der Waals surface area contributed by atoms with E-state index in [1.165, 1.54) is 28.1 Å². The van der Waals surface area contributed by atoms with Crippen molar-refractivity contribution in [3.63, 3.8) is 0 Å². The Bertz CT molecular complexity index is 1280. The Kier molecular flexibility index (Phi) is 10.1. The van der Waals surface area contributed by atoms with Gasteiger partial charge in [-0.15, -0.1) is 0 Å². The first-order valence-corrected chi connectivity index (χ1v) is 13.9. The van der Waals surface area contributed by atoms with E-state index in [4.69, 9.17) is 4.74 Å². The molecule has 2 fully saturated rings. The Morgan fingerprint density at radius 3 is 2.52 bits per heavy atom. The van der Waals surface area contributed by atoms with Crippen molar-refractivity contribution < 1.29 is 28.3 Å². The van der Waals surface area contributed by atoms with Crippen LogP contribution in [0.5, 0.6) is 0 Å². The summed E-state index contributed by atoms with van der Waals surface area (Å²) in [5, 5.41) is 8.53. The molecule has 0 aliphatic carbocycles. The van der Waals surface area contributed by atoms with Crippen molar-refractivity contribution in [2.24, 2.45) is 0 Å². The highest BCUT2D eigenvalue weighted by Gasteiger charge is 2.51. The molecule has 5 amide bonds. The van der Waals surface area contributed by atoms with Crippen LogP contribution < -0.4 is 10.6 Å². The number of alkyl carbamates (subject to hydrolysis) is 1. The first kappa shape index (κ1) is 30.5. The maximum atomic E-state index is 14.0. The van der Waals surface area contributed by atoms with Crippen molar-refractivity contribution in [3.8, 4) is 0 Å². The molecule has 2 aliphatic heterocycles. The summed E-state index contributed by atoms with van der Waals surface area (Å²) in [4.78, 5) is 56.0. The molecule has 4 rings (SSSR count). The van der Waals surface area contributed by atoms with E-state index in [0.717, 1.165) is 5.56 Å². The Hall–Kier alpha value is -4.45. The van der Waals surface area contributed by atoms with Gasteiger partial charge < -0.3 is 25.2 Å². The number of carbonyl (C=O) groups is 4. The molecule has 1 unspecified atom stereocenters. The molecule has 0 bridgehead atoms. The summed E-state index contributed by atoms with van der Waals surface area (Å²) in [5.41, 5.74) is 1.64. The van der Waals surface area contributed by atoms with Gasteiger partial charge in [0, 0.05) is 20.1 Å². The van der Waals surface area contributed by atoms with Gasteiger partial charge in [-0.05, 0) is 43.0 Å². The zero-order valence-corrected chi connectivity index (χ0v) is 23.9. The van der Waals surface area contributed by atoms with Gasteiger partial charge in [-0.1, -0.05) is 55.1 Å². The second kappa shape index (κ2) is 13.9. The van der Waals surface area contributed by atoms with Crippen LogP contribution in [0.25, 0.3) is 0 Å². The number of nitrogens with zero attached hydrogens (tertiary/aromatic N) is 4. The van der Waals surface area contributed by atoms with E-state index in [1.807, 2.05) is 37.3 Å². The fourth-order valence-corrected chi connectivity index (χ4v) is 5.33. The minimum atomic E-state index is -0.838. The number of rotatable bonds is 10. The number of hydrogen-bond donors (Lipinski definition) is 2. The van der Waals surface area contributed by atoms with Crippen LogP contribution >= 0.6 is 0 Å². The molecule has 2 aromatic carbocycles. The summed E-state index contributed by atoms with van der Waals surface area (Å²) < 4.78 is 18.3. The summed E-state index contributed by atoms with van der Waals surface area (Å²) in [6.07, 6.45) is 0.778. The molecule has 0 radical (unpaired) electrons. The lowest BCUT2D eigenvalue weighted by molar-refractivity contribution is -0.189. The van der Waals surface area contributed by atoms with Gasteiger partial charge in [0.1, 0.15) is 24.6 Å². The van der Waals surface area contributed by atoms with Gasteiger partial charge in [0.05, 0.1) is 19.1 Å². The van der Waals surface area contributed by atoms with E-state index in [0.29, 0.717) is 12.0 Å². The minimum Gasteiger partial charge on any atom is -0.445 e. The normalized spacial score (nSPS) is 19.6. The third kappa shape index (κ3) is 7.06. The number of urea groups is 1. The highest BCUT2D eigenvalue weighted by molar-refractivity contribution is 5.91. The smallest absolute Gasteiger partial charge is 0.407 e. The molecule has 42 heavy (non-hydrogen) atoms. The molecule has 224 valence electrons. The third-order valence-corrected chi connectivity index (χ3v) is 7.46. The largest absolute Gasteiger partial charge is 0.445 e. The van der Waals surface area contributed by atoms with Crippen molar-refractivity contribution in [3.05, 3.63) is 84.2 Å². The van der Waals surface area contributed by atoms with Crippen molar-refractivity contribution in [1.82, 2.24) is 30.5 Å². The quantitative estimate of drug-likeness (QED) is 0.330. The third-order valence-electron chi connectivity index (χ3n) is 7.46. The summed E-state index contributed by atoms with van der Waals surface area (Å²) in [7, 11) is 1.65. The van der Waals surface area contributed by atoms with E-state index in [1.54, 1.807) is 29.1 Å². The number of ether oxygens (including phenoxy) is 1. The van der Waals surface area contributed by atoms with Crippen LogP contribution in [0.2, 0.25) is 0 Å². The highest BCUT2D eigenvalue weighted by Crippen LogP contribution is 2.32. The van der Waals surface area contributed by atoms with E-state index in [-0.39, 0.29) is 62.9 Å². The summed E-state index contributed by atoms with van der Waals surface area (Å²) in [6, 6.07) is 13.8. The number of amides is 5. The van der Waals surface area contributed by atoms with Gasteiger partial charge in [0.25, 0.3) is 0 Å². The molecular weight excluding hydrogens is 543 g/mol. The number of likely N-dealkylation sites (N-methyl/N-ethyl adjacent to an activating group) is 1. The van der Waals surface area contributed by atoms with Crippen LogP contribution in [-0.2, 0) is 20.9 Å². The minimum absolute atomic E-state index is 0.0792. The zero-order chi connectivity index (χ0) is 30.2. The molecule has 2 heterocycles. The lowest BCUT2D eigenvalue weighted by Crippen LogP contribution is -2.76. The van der Waals surface area contributed by atoms with E-state index < -0.39 is 24.3 Å². The molecule has 2 N–H and O–H groups in total. The van der Waals surface area contributed by atoms with E-state index in [9.17, 15) is 23.6 Å². The average molecular weight is 581 g/mol. The van der Waals surface area contributed by atoms with Gasteiger partial charge in [0.15, 0.2) is 0 Å². The fourth-order valence-electron chi connectivity index (χ4n) is 5.33. The summed E-state index contributed by atoms with van der Waals surface area (Å²) in [6.45, 7) is 5.92. The molecule has 0 spiro atoms. The molecule has 3 atom stereocenters. The van der Waals surface area contributed by atoms with Crippen LogP contribution in [0.3, 0.4) is 0 Å². The SMILES string of the molecule is C=CCOC(=O)NCCC[C@H]1C(=O)N(C(C)c2ccccc2)C[C@H]2N1C(=O)CN(C)N2C(=O)NCc1ccc(F)cc1. The topological polar surface area (TPSA) is 115 Å². The number of fused-ring (bicyclic) bond motifs is 1. The van der Waals surface area contributed by atoms with Gasteiger partial charge in [-0.2, -0.15) is 0 Å². The predicted octanol–water partition coefficient (Wildman–Crippen LogP) is 3.02. The van der Waals surface area contributed by atoms with Crippen molar-refractivity contribution >= 4 is 23.9 Å².